The molecule has 0 aromatic heterocycles. The average molecular weight is 268 g/mol. The van der Waals surface area contributed by atoms with Gasteiger partial charge in [0.15, 0.2) is 0 Å². The van der Waals surface area contributed by atoms with E-state index < -0.39 is 0 Å². The third-order valence-electron chi connectivity index (χ3n) is 3.13. The number of rotatable bonds is 5. The van der Waals surface area contributed by atoms with Crippen molar-refractivity contribution in [1.29, 1.82) is 0 Å². The molecule has 1 amide bonds. The molecule has 0 atom stereocenters. The van der Waals surface area contributed by atoms with Crippen LogP contribution in [-0.4, -0.2) is 5.91 Å². The fourth-order valence-electron chi connectivity index (χ4n) is 1.97. The minimum atomic E-state index is -0.0492. The maximum absolute atomic E-state index is 10.9. The Labute approximate surface area is 120 Å². The summed E-state index contributed by atoms with van der Waals surface area (Å²) in [5.74, 6) is -0.0492. The fourth-order valence-corrected chi connectivity index (χ4v) is 1.97. The van der Waals surface area contributed by atoms with Crippen molar-refractivity contribution in [2.24, 2.45) is 0 Å². The molecule has 2 rings (SSSR count). The summed E-state index contributed by atoms with van der Waals surface area (Å²) < 4.78 is 0. The Morgan fingerprint density at radius 1 is 0.900 bits per heavy atom. The van der Waals surface area contributed by atoms with Crippen LogP contribution < -0.4 is 10.6 Å². The van der Waals surface area contributed by atoms with Gasteiger partial charge in [0.05, 0.1) is 0 Å². The van der Waals surface area contributed by atoms with Crippen molar-refractivity contribution in [3.05, 3.63) is 59.7 Å². The van der Waals surface area contributed by atoms with Gasteiger partial charge in [-0.3, -0.25) is 4.79 Å². The molecule has 3 nitrogen and oxygen atoms in total. The number of benzene rings is 2. The van der Waals surface area contributed by atoms with Crippen molar-refractivity contribution >= 4 is 17.3 Å². The summed E-state index contributed by atoms with van der Waals surface area (Å²) in [6, 6.07) is 16.3. The molecule has 0 spiro atoms. The first-order chi connectivity index (χ1) is 9.67. The summed E-state index contributed by atoms with van der Waals surface area (Å²) in [4.78, 5) is 10.9. The molecular weight excluding hydrogens is 248 g/mol. The average Bonchev–Trinajstić information content (AvgIpc) is 2.46. The number of aryl methyl sites for hydroxylation is 1. The Bertz CT molecular complexity index is 559. The van der Waals surface area contributed by atoms with Crippen LogP contribution in [0.4, 0.5) is 11.4 Å². The Hall–Kier alpha value is -2.29. The highest BCUT2D eigenvalue weighted by molar-refractivity contribution is 5.88. The van der Waals surface area contributed by atoms with E-state index >= 15 is 0 Å². The number of anilines is 2. The van der Waals surface area contributed by atoms with Crippen molar-refractivity contribution in [3.8, 4) is 0 Å². The maximum Gasteiger partial charge on any atom is 0.221 e. The molecule has 0 bridgehead atoms. The van der Waals surface area contributed by atoms with Crippen molar-refractivity contribution in [2.45, 2.75) is 26.8 Å². The lowest BCUT2D eigenvalue weighted by Gasteiger charge is -2.08. The van der Waals surface area contributed by atoms with E-state index in [0.29, 0.717) is 0 Å². The number of amides is 1. The summed E-state index contributed by atoms with van der Waals surface area (Å²) >= 11 is 0. The fraction of sp³-hybridized carbons (Fsp3) is 0.235. The molecule has 0 saturated carbocycles. The molecule has 0 unspecified atom stereocenters. The van der Waals surface area contributed by atoms with Crippen molar-refractivity contribution in [3.63, 3.8) is 0 Å². The predicted octanol–water partition coefficient (Wildman–Crippen LogP) is 3.82. The summed E-state index contributed by atoms with van der Waals surface area (Å²) in [6.45, 7) is 4.43. The third-order valence-corrected chi connectivity index (χ3v) is 3.13. The summed E-state index contributed by atoms with van der Waals surface area (Å²) in [5.41, 5.74) is 4.47. The van der Waals surface area contributed by atoms with Crippen LogP contribution in [-0.2, 0) is 17.8 Å². The van der Waals surface area contributed by atoms with Gasteiger partial charge < -0.3 is 10.6 Å². The molecule has 0 heterocycles. The van der Waals surface area contributed by atoms with Crippen LogP contribution in [0.1, 0.15) is 25.0 Å². The van der Waals surface area contributed by atoms with E-state index in [1.54, 1.807) is 0 Å². The number of hydrogen-bond acceptors (Lipinski definition) is 2. The highest BCUT2D eigenvalue weighted by atomic mass is 16.1. The molecule has 2 N–H and O–H groups in total. The lowest BCUT2D eigenvalue weighted by atomic mass is 10.1. The molecule has 104 valence electrons. The van der Waals surface area contributed by atoms with Gasteiger partial charge >= 0.3 is 0 Å². The van der Waals surface area contributed by atoms with Crippen molar-refractivity contribution in [2.75, 3.05) is 10.6 Å². The normalized spacial score (nSPS) is 10.1. The smallest absolute Gasteiger partial charge is 0.221 e. The zero-order valence-corrected chi connectivity index (χ0v) is 11.9. The molecule has 20 heavy (non-hydrogen) atoms. The molecule has 3 heteroatoms. The number of nitrogens with one attached hydrogen (secondary N) is 2. The van der Waals surface area contributed by atoms with E-state index in [1.807, 2.05) is 24.3 Å². The van der Waals surface area contributed by atoms with Gasteiger partial charge in [0.25, 0.3) is 0 Å². The second kappa shape index (κ2) is 6.75. The van der Waals surface area contributed by atoms with E-state index in [2.05, 4.69) is 41.8 Å². The van der Waals surface area contributed by atoms with Crippen molar-refractivity contribution < 1.29 is 4.79 Å². The molecule has 0 aliphatic rings. The first kappa shape index (κ1) is 14.1. The van der Waals surface area contributed by atoms with Crippen LogP contribution in [0.3, 0.4) is 0 Å². The second-order valence-electron chi connectivity index (χ2n) is 4.78. The Kier molecular flexibility index (Phi) is 4.77. The Morgan fingerprint density at radius 3 is 2.00 bits per heavy atom. The van der Waals surface area contributed by atoms with Gasteiger partial charge in [0.2, 0.25) is 5.91 Å². The first-order valence-corrected chi connectivity index (χ1v) is 6.86. The molecular formula is C17H20N2O. The Balaban J connectivity index is 1.91. The van der Waals surface area contributed by atoms with Gasteiger partial charge in [-0.1, -0.05) is 31.2 Å². The van der Waals surface area contributed by atoms with E-state index in [9.17, 15) is 4.79 Å². The lowest BCUT2D eigenvalue weighted by Crippen LogP contribution is -2.06. The van der Waals surface area contributed by atoms with Gasteiger partial charge in [-0.2, -0.15) is 0 Å². The minimum Gasteiger partial charge on any atom is -0.381 e. The SMILES string of the molecule is CCc1ccc(NCc2ccc(NC(C)=O)cc2)cc1. The monoisotopic (exact) mass is 268 g/mol. The lowest BCUT2D eigenvalue weighted by molar-refractivity contribution is -0.114. The largest absolute Gasteiger partial charge is 0.381 e. The van der Waals surface area contributed by atoms with Crippen LogP contribution in [0.25, 0.3) is 0 Å². The molecule has 0 aliphatic carbocycles. The molecule has 2 aromatic rings. The molecule has 0 aliphatic heterocycles. The van der Waals surface area contributed by atoms with Crippen LogP contribution in [0.5, 0.6) is 0 Å². The van der Waals surface area contributed by atoms with Crippen LogP contribution >= 0.6 is 0 Å². The molecule has 0 radical (unpaired) electrons. The number of carbonyl (C=O) groups excluding carboxylic acids is 1. The maximum atomic E-state index is 10.9. The highest BCUT2D eigenvalue weighted by Gasteiger charge is 1.97. The van der Waals surface area contributed by atoms with Crippen LogP contribution in [0.2, 0.25) is 0 Å². The summed E-state index contributed by atoms with van der Waals surface area (Å²) in [5, 5.41) is 6.14. The van der Waals surface area contributed by atoms with E-state index in [1.165, 1.54) is 18.1 Å². The topological polar surface area (TPSA) is 41.1 Å². The highest BCUT2D eigenvalue weighted by Crippen LogP contribution is 2.13. The third kappa shape index (κ3) is 4.12. The first-order valence-electron chi connectivity index (χ1n) is 6.86. The zero-order chi connectivity index (χ0) is 14.4. The van der Waals surface area contributed by atoms with Gasteiger partial charge in [-0.25, -0.2) is 0 Å². The van der Waals surface area contributed by atoms with E-state index in [-0.39, 0.29) is 5.91 Å². The van der Waals surface area contributed by atoms with Gasteiger partial charge in [0.1, 0.15) is 0 Å². The standard InChI is InChI=1S/C17H20N2O/c1-3-14-4-8-16(9-5-14)18-12-15-6-10-17(11-7-15)19-13(2)20/h4-11,18H,3,12H2,1-2H3,(H,19,20). The Morgan fingerprint density at radius 2 is 1.45 bits per heavy atom. The molecule has 0 saturated heterocycles. The van der Waals surface area contributed by atoms with Crippen LogP contribution in [0.15, 0.2) is 48.5 Å². The van der Waals surface area contributed by atoms with Crippen LogP contribution in [0, 0.1) is 0 Å². The minimum absolute atomic E-state index is 0.0492. The summed E-state index contributed by atoms with van der Waals surface area (Å²) in [7, 11) is 0. The van der Waals surface area contributed by atoms with Gasteiger partial charge in [-0.15, -0.1) is 0 Å². The van der Waals surface area contributed by atoms with E-state index in [0.717, 1.165) is 24.3 Å². The predicted molar refractivity (Wildman–Crippen MR) is 83.9 cm³/mol. The quantitative estimate of drug-likeness (QED) is 0.865. The van der Waals surface area contributed by atoms with Crippen molar-refractivity contribution in [1.82, 2.24) is 0 Å². The van der Waals surface area contributed by atoms with E-state index in [4.69, 9.17) is 0 Å². The molecule has 0 fully saturated rings. The zero-order valence-electron chi connectivity index (χ0n) is 11.9. The van der Waals surface area contributed by atoms with Gasteiger partial charge in [0, 0.05) is 24.8 Å². The number of carbonyl (C=O) groups is 1. The molecule has 2 aromatic carbocycles. The van der Waals surface area contributed by atoms with Gasteiger partial charge in [-0.05, 0) is 41.8 Å². The number of hydrogen-bond donors (Lipinski definition) is 2. The summed E-state index contributed by atoms with van der Waals surface area (Å²) in [6.07, 6.45) is 1.06. The second-order valence-corrected chi connectivity index (χ2v) is 4.78.